The van der Waals surface area contributed by atoms with Gasteiger partial charge >= 0.3 is 0 Å². The normalized spacial score (nSPS) is 22.5. The highest BCUT2D eigenvalue weighted by Crippen LogP contribution is 2.10. The Labute approximate surface area is 87.5 Å². The summed E-state index contributed by atoms with van der Waals surface area (Å²) in [6.07, 6.45) is 3.40. The van der Waals surface area contributed by atoms with E-state index in [-0.39, 0.29) is 6.10 Å². The van der Waals surface area contributed by atoms with Crippen LogP contribution in [0.1, 0.15) is 33.1 Å². The van der Waals surface area contributed by atoms with E-state index < -0.39 is 0 Å². The molecule has 1 aliphatic heterocycles. The summed E-state index contributed by atoms with van der Waals surface area (Å²) in [4.78, 5) is 2.54. The third-order valence-corrected chi connectivity index (χ3v) is 2.94. The van der Waals surface area contributed by atoms with Crippen molar-refractivity contribution in [2.24, 2.45) is 0 Å². The Kier molecular flexibility index (Phi) is 5.45. The van der Waals surface area contributed by atoms with Crippen LogP contribution in [0.5, 0.6) is 0 Å². The van der Waals surface area contributed by atoms with Crippen LogP contribution in [0.4, 0.5) is 0 Å². The fraction of sp³-hybridized carbons (Fsp3) is 1.00. The van der Waals surface area contributed by atoms with E-state index in [2.05, 4.69) is 17.1 Å². The summed E-state index contributed by atoms with van der Waals surface area (Å²) in [6, 6.07) is 0.645. The van der Waals surface area contributed by atoms with Gasteiger partial charge in [-0.25, -0.2) is 0 Å². The van der Waals surface area contributed by atoms with Crippen LogP contribution >= 0.6 is 0 Å². The molecular weight excluding hydrogens is 176 g/mol. The highest BCUT2D eigenvalue weighted by atomic mass is 16.3. The minimum absolute atomic E-state index is 0.176. The van der Waals surface area contributed by atoms with Gasteiger partial charge in [0.25, 0.3) is 0 Å². The van der Waals surface area contributed by atoms with E-state index in [1.807, 2.05) is 6.92 Å². The molecule has 0 saturated carbocycles. The quantitative estimate of drug-likeness (QED) is 0.623. The van der Waals surface area contributed by atoms with Gasteiger partial charge in [0, 0.05) is 12.6 Å². The van der Waals surface area contributed by atoms with Crippen molar-refractivity contribution in [1.82, 2.24) is 10.2 Å². The Bertz CT molecular complexity index is 144. The predicted octanol–water partition coefficient (Wildman–Crippen LogP) is 0.831. The zero-order chi connectivity index (χ0) is 10.4. The van der Waals surface area contributed by atoms with Crippen molar-refractivity contribution < 1.29 is 5.11 Å². The van der Waals surface area contributed by atoms with Gasteiger partial charge in [-0.1, -0.05) is 0 Å². The second-order valence-corrected chi connectivity index (χ2v) is 4.43. The molecule has 2 N–H and O–H groups in total. The summed E-state index contributed by atoms with van der Waals surface area (Å²) >= 11 is 0. The number of nitrogens with zero attached hydrogens (tertiary/aromatic N) is 1. The molecule has 2 atom stereocenters. The molecule has 2 unspecified atom stereocenters. The predicted molar refractivity (Wildman–Crippen MR) is 59.4 cm³/mol. The first-order valence-corrected chi connectivity index (χ1v) is 5.83. The SMILES string of the molecule is CC(O)CCNCC(C)N1CCCC1. The number of aliphatic hydroxyl groups is 1. The van der Waals surface area contributed by atoms with Gasteiger partial charge in [0.1, 0.15) is 0 Å². The van der Waals surface area contributed by atoms with Crippen LogP contribution in [0.3, 0.4) is 0 Å². The van der Waals surface area contributed by atoms with E-state index in [1.165, 1.54) is 25.9 Å². The number of hydrogen-bond acceptors (Lipinski definition) is 3. The molecule has 1 fully saturated rings. The van der Waals surface area contributed by atoms with Crippen molar-refractivity contribution in [1.29, 1.82) is 0 Å². The average Bonchev–Trinajstić information content (AvgIpc) is 2.64. The lowest BCUT2D eigenvalue weighted by molar-refractivity contribution is 0.181. The molecule has 0 aromatic carbocycles. The van der Waals surface area contributed by atoms with Gasteiger partial charge in [0.15, 0.2) is 0 Å². The van der Waals surface area contributed by atoms with Crippen LogP contribution in [0.2, 0.25) is 0 Å². The molecule has 1 aliphatic rings. The van der Waals surface area contributed by atoms with Crippen molar-refractivity contribution in [2.45, 2.75) is 45.3 Å². The summed E-state index contributed by atoms with van der Waals surface area (Å²) in [5, 5.41) is 12.5. The van der Waals surface area contributed by atoms with E-state index in [0.717, 1.165) is 19.5 Å². The van der Waals surface area contributed by atoms with Crippen molar-refractivity contribution >= 4 is 0 Å². The molecular formula is C11H24N2O. The molecule has 0 aromatic heterocycles. The third kappa shape index (κ3) is 4.40. The summed E-state index contributed by atoms with van der Waals surface area (Å²) < 4.78 is 0. The van der Waals surface area contributed by atoms with Crippen LogP contribution in [-0.2, 0) is 0 Å². The minimum Gasteiger partial charge on any atom is -0.393 e. The molecule has 0 spiro atoms. The second-order valence-electron chi connectivity index (χ2n) is 4.43. The van der Waals surface area contributed by atoms with E-state index in [9.17, 15) is 0 Å². The maximum absolute atomic E-state index is 9.08. The first kappa shape index (κ1) is 12.0. The number of nitrogens with one attached hydrogen (secondary N) is 1. The Balaban J connectivity index is 1.99. The van der Waals surface area contributed by atoms with Gasteiger partial charge in [0.05, 0.1) is 6.10 Å². The molecule has 84 valence electrons. The fourth-order valence-electron chi connectivity index (χ4n) is 1.93. The van der Waals surface area contributed by atoms with Crippen molar-refractivity contribution in [2.75, 3.05) is 26.2 Å². The monoisotopic (exact) mass is 200 g/mol. The number of likely N-dealkylation sites (tertiary alicyclic amines) is 1. The van der Waals surface area contributed by atoms with E-state index in [4.69, 9.17) is 5.11 Å². The molecule has 3 heteroatoms. The average molecular weight is 200 g/mol. The Morgan fingerprint density at radius 3 is 2.50 bits per heavy atom. The van der Waals surface area contributed by atoms with E-state index >= 15 is 0 Å². The maximum Gasteiger partial charge on any atom is 0.0524 e. The molecule has 1 rings (SSSR count). The van der Waals surface area contributed by atoms with Gasteiger partial charge in [-0.05, 0) is 52.7 Å². The highest BCUT2D eigenvalue weighted by Gasteiger charge is 2.17. The lowest BCUT2D eigenvalue weighted by Crippen LogP contribution is -2.39. The summed E-state index contributed by atoms with van der Waals surface area (Å²) in [7, 11) is 0. The molecule has 1 saturated heterocycles. The van der Waals surface area contributed by atoms with Crippen molar-refractivity contribution in [3.05, 3.63) is 0 Å². The maximum atomic E-state index is 9.08. The molecule has 0 radical (unpaired) electrons. The summed E-state index contributed by atoms with van der Waals surface area (Å²) in [6.45, 7) is 8.62. The molecule has 14 heavy (non-hydrogen) atoms. The summed E-state index contributed by atoms with van der Waals surface area (Å²) in [5.41, 5.74) is 0. The highest BCUT2D eigenvalue weighted by molar-refractivity contribution is 4.74. The van der Waals surface area contributed by atoms with Gasteiger partial charge in [-0.2, -0.15) is 0 Å². The van der Waals surface area contributed by atoms with Crippen LogP contribution in [0, 0.1) is 0 Å². The lowest BCUT2D eigenvalue weighted by Gasteiger charge is -2.24. The van der Waals surface area contributed by atoms with Crippen LogP contribution in [0.15, 0.2) is 0 Å². The number of hydrogen-bond donors (Lipinski definition) is 2. The van der Waals surface area contributed by atoms with Gasteiger partial charge in [-0.3, -0.25) is 4.90 Å². The molecule has 0 amide bonds. The first-order chi connectivity index (χ1) is 6.70. The second kappa shape index (κ2) is 6.38. The fourth-order valence-corrected chi connectivity index (χ4v) is 1.93. The van der Waals surface area contributed by atoms with E-state index in [0.29, 0.717) is 6.04 Å². The Hall–Kier alpha value is -0.120. The van der Waals surface area contributed by atoms with Gasteiger partial charge in [-0.15, -0.1) is 0 Å². The standard InChI is InChI=1S/C11H24N2O/c1-10(13-7-3-4-8-13)9-12-6-5-11(2)14/h10-12,14H,3-9H2,1-2H3. The Morgan fingerprint density at radius 2 is 1.93 bits per heavy atom. The van der Waals surface area contributed by atoms with Crippen molar-refractivity contribution in [3.8, 4) is 0 Å². The number of rotatable bonds is 6. The van der Waals surface area contributed by atoms with Crippen LogP contribution in [0.25, 0.3) is 0 Å². The zero-order valence-corrected chi connectivity index (χ0v) is 9.50. The third-order valence-electron chi connectivity index (χ3n) is 2.94. The largest absolute Gasteiger partial charge is 0.393 e. The van der Waals surface area contributed by atoms with Gasteiger partial charge in [0.2, 0.25) is 0 Å². The minimum atomic E-state index is -0.176. The zero-order valence-electron chi connectivity index (χ0n) is 9.50. The van der Waals surface area contributed by atoms with Crippen LogP contribution < -0.4 is 5.32 Å². The topological polar surface area (TPSA) is 35.5 Å². The Morgan fingerprint density at radius 1 is 1.29 bits per heavy atom. The molecule has 0 bridgehead atoms. The lowest BCUT2D eigenvalue weighted by atomic mass is 10.2. The summed E-state index contributed by atoms with van der Waals surface area (Å²) in [5.74, 6) is 0. The molecule has 0 aromatic rings. The van der Waals surface area contributed by atoms with Crippen molar-refractivity contribution in [3.63, 3.8) is 0 Å². The number of aliphatic hydroxyl groups excluding tert-OH is 1. The van der Waals surface area contributed by atoms with Crippen LogP contribution in [-0.4, -0.2) is 48.3 Å². The molecule has 3 nitrogen and oxygen atoms in total. The molecule has 1 heterocycles. The smallest absolute Gasteiger partial charge is 0.0524 e. The van der Waals surface area contributed by atoms with E-state index in [1.54, 1.807) is 0 Å². The van der Waals surface area contributed by atoms with Gasteiger partial charge < -0.3 is 10.4 Å². The molecule has 0 aliphatic carbocycles. The first-order valence-electron chi connectivity index (χ1n) is 5.83.